The third-order valence-corrected chi connectivity index (χ3v) is 5.40. The fraction of sp³-hybridized carbons (Fsp3) is 0.235. The van der Waals surface area contributed by atoms with Gasteiger partial charge in [-0.25, -0.2) is 8.42 Å². The minimum absolute atomic E-state index is 0.0909. The average Bonchev–Trinajstić information content (AvgIpc) is 2.60. The molecule has 1 aromatic heterocycles. The number of nitrogens with one attached hydrogen (secondary N) is 2. The summed E-state index contributed by atoms with van der Waals surface area (Å²) >= 11 is 0. The number of amides is 2. The SMILES string of the molecule is Cc1ccc(S(=O)(=O)N(C)CC(=O)NNC(=O)c2ccc(C)nc2)cc1. The molecule has 0 unspecified atom stereocenters. The Morgan fingerprint density at radius 2 is 1.69 bits per heavy atom. The van der Waals surface area contributed by atoms with Gasteiger partial charge in [0.25, 0.3) is 11.8 Å². The van der Waals surface area contributed by atoms with Gasteiger partial charge in [0.15, 0.2) is 0 Å². The van der Waals surface area contributed by atoms with Gasteiger partial charge in [-0.15, -0.1) is 0 Å². The van der Waals surface area contributed by atoms with E-state index in [1.165, 1.54) is 25.4 Å². The lowest BCUT2D eigenvalue weighted by Gasteiger charge is -2.17. The maximum absolute atomic E-state index is 12.4. The summed E-state index contributed by atoms with van der Waals surface area (Å²) in [7, 11) is -2.50. The number of hydrazine groups is 1. The van der Waals surface area contributed by atoms with Crippen LogP contribution in [-0.2, 0) is 14.8 Å². The molecule has 2 N–H and O–H groups in total. The Morgan fingerprint density at radius 1 is 1.04 bits per heavy atom. The van der Waals surface area contributed by atoms with Crippen molar-refractivity contribution in [1.82, 2.24) is 20.1 Å². The Morgan fingerprint density at radius 3 is 2.27 bits per heavy atom. The zero-order valence-corrected chi connectivity index (χ0v) is 15.5. The van der Waals surface area contributed by atoms with Crippen molar-refractivity contribution < 1.29 is 18.0 Å². The van der Waals surface area contributed by atoms with Gasteiger partial charge in [0.2, 0.25) is 10.0 Å². The number of aryl methyl sites for hydroxylation is 2. The van der Waals surface area contributed by atoms with Crippen molar-refractivity contribution in [2.45, 2.75) is 18.7 Å². The molecule has 0 radical (unpaired) electrons. The summed E-state index contributed by atoms with van der Waals surface area (Å²) < 4.78 is 25.8. The van der Waals surface area contributed by atoms with Crippen LogP contribution in [-0.4, -0.2) is 43.1 Å². The Hall–Kier alpha value is -2.78. The van der Waals surface area contributed by atoms with Crippen LogP contribution in [0.15, 0.2) is 47.5 Å². The van der Waals surface area contributed by atoms with E-state index in [-0.39, 0.29) is 10.5 Å². The molecular formula is C17H20N4O4S. The maximum Gasteiger partial charge on any atom is 0.271 e. The van der Waals surface area contributed by atoms with Gasteiger partial charge < -0.3 is 0 Å². The maximum atomic E-state index is 12.4. The van der Waals surface area contributed by atoms with E-state index in [1.54, 1.807) is 31.2 Å². The predicted molar refractivity (Wildman–Crippen MR) is 95.6 cm³/mol. The Bertz CT molecular complexity index is 893. The third kappa shape index (κ3) is 4.87. The Labute approximate surface area is 152 Å². The van der Waals surface area contributed by atoms with E-state index in [0.29, 0.717) is 0 Å². The molecule has 0 atom stereocenters. The lowest BCUT2D eigenvalue weighted by atomic mass is 10.2. The predicted octanol–water partition coefficient (Wildman–Crippen LogP) is 0.780. The Balaban J connectivity index is 1.93. The van der Waals surface area contributed by atoms with Gasteiger partial charge in [-0.1, -0.05) is 17.7 Å². The molecular weight excluding hydrogens is 356 g/mol. The summed E-state index contributed by atoms with van der Waals surface area (Å²) in [4.78, 5) is 27.9. The summed E-state index contributed by atoms with van der Waals surface area (Å²) in [5.41, 5.74) is 6.37. The van der Waals surface area contributed by atoms with Crippen LogP contribution in [0.3, 0.4) is 0 Å². The van der Waals surface area contributed by atoms with Crippen molar-refractivity contribution in [2.75, 3.05) is 13.6 Å². The lowest BCUT2D eigenvalue weighted by Crippen LogP contribution is -2.46. The molecule has 1 aromatic carbocycles. The van der Waals surface area contributed by atoms with E-state index in [4.69, 9.17) is 0 Å². The first kappa shape index (κ1) is 19.5. The largest absolute Gasteiger partial charge is 0.272 e. The van der Waals surface area contributed by atoms with E-state index >= 15 is 0 Å². The minimum Gasteiger partial charge on any atom is -0.272 e. The van der Waals surface area contributed by atoms with Gasteiger partial charge in [0, 0.05) is 18.9 Å². The molecule has 0 spiro atoms. The van der Waals surface area contributed by atoms with Crippen LogP contribution in [0.4, 0.5) is 0 Å². The molecule has 2 aromatic rings. The second-order valence-corrected chi connectivity index (χ2v) is 7.81. The fourth-order valence-corrected chi connectivity index (χ4v) is 3.14. The standard InChI is InChI=1S/C17H20N4O4S/c1-12-4-8-15(9-5-12)26(24,25)21(3)11-16(22)19-20-17(23)14-7-6-13(2)18-10-14/h4-10H,11H2,1-3H3,(H,19,22)(H,20,23). The summed E-state index contributed by atoms with van der Waals surface area (Å²) in [6.07, 6.45) is 1.38. The first-order chi connectivity index (χ1) is 12.2. The van der Waals surface area contributed by atoms with Gasteiger partial charge in [0.1, 0.15) is 0 Å². The number of benzene rings is 1. The molecule has 0 aliphatic rings. The number of rotatable bonds is 5. The van der Waals surface area contributed by atoms with Gasteiger partial charge in [0.05, 0.1) is 17.0 Å². The molecule has 0 saturated heterocycles. The summed E-state index contributed by atoms with van der Waals surface area (Å²) in [5, 5.41) is 0. The number of carbonyl (C=O) groups excluding carboxylic acids is 2. The van der Waals surface area contributed by atoms with Crippen LogP contribution in [0, 0.1) is 13.8 Å². The smallest absolute Gasteiger partial charge is 0.271 e. The topological polar surface area (TPSA) is 108 Å². The fourth-order valence-electron chi connectivity index (χ4n) is 2.02. The first-order valence-corrected chi connectivity index (χ1v) is 9.19. The normalized spacial score (nSPS) is 11.2. The molecule has 2 amide bonds. The molecule has 2 rings (SSSR count). The van der Waals surface area contributed by atoms with Gasteiger partial charge in [-0.3, -0.25) is 25.4 Å². The van der Waals surface area contributed by atoms with Crippen LogP contribution in [0.1, 0.15) is 21.6 Å². The lowest BCUT2D eigenvalue weighted by molar-refractivity contribution is -0.121. The molecule has 138 valence electrons. The number of carbonyl (C=O) groups is 2. The highest BCUT2D eigenvalue weighted by Crippen LogP contribution is 2.14. The Kier molecular flexibility index (Phi) is 6.06. The quantitative estimate of drug-likeness (QED) is 0.750. The average molecular weight is 376 g/mol. The monoisotopic (exact) mass is 376 g/mol. The number of likely N-dealkylation sites (N-methyl/N-ethyl adjacent to an activating group) is 1. The molecule has 0 saturated carbocycles. The molecule has 0 aliphatic heterocycles. The molecule has 8 nitrogen and oxygen atoms in total. The third-order valence-electron chi connectivity index (χ3n) is 3.58. The van der Waals surface area contributed by atoms with Crippen LogP contribution in [0.25, 0.3) is 0 Å². The van der Waals surface area contributed by atoms with Crippen LogP contribution >= 0.6 is 0 Å². The molecule has 9 heteroatoms. The summed E-state index contributed by atoms with van der Waals surface area (Å²) in [5.74, 6) is -1.22. The summed E-state index contributed by atoms with van der Waals surface area (Å²) in [6.45, 7) is 3.19. The van der Waals surface area contributed by atoms with Crippen molar-refractivity contribution >= 4 is 21.8 Å². The highest BCUT2D eigenvalue weighted by Gasteiger charge is 2.23. The molecule has 0 bridgehead atoms. The van der Waals surface area contributed by atoms with E-state index in [1.807, 2.05) is 6.92 Å². The highest BCUT2D eigenvalue weighted by atomic mass is 32.2. The minimum atomic E-state index is -3.80. The van der Waals surface area contributed by atoms with Crippen LogP contribution in [0.2, 0.25) is 0 Å². The van der Waals surface area contributed by atoms with Crippen molar-refractivity contribution in [3.05, 3.63) is 59.4 Å². The molecule has 1 heterocycles. The van der Waals surface area contributed by atoms with Crippen molar-refractivity contribution in [3.8, 4) is 0 Å². The molecule has 0 fully saturated rings. The van der Waals surface area contributed by atoms with E-state index in [0.717, 1.165) is 15.6 Å². The van der Waals surface area contributed by atoms with E-state index in [2.05, 4.69) is 15.8 Å². The van der Waals surface area contributed by atoms with Gasteiger partial charge >= 0.3 is 0 Å². The molecule has 26 heavy (non-hydrogen) atoms. The number of nitrogens with zero attached hydrogens (tertiary/aromatic N) is 2. The second-order valence-electron chi connectivity index (χ2n) is 5.76. The summed E-state index contributed by atoms with van der Waals surface area (Å²) in [6, 6.07) is 9.54. The molecule has 0 aliphatic carbocycles. The number of aromatic nitrogens is 1. The van der Waals surface area contributed by atoms with Crippen molar-refractivity contribution in [3.63, 3.8) is 0 Å². The zero-order valence-electron chi connectivity index (χ0n) is 14.7. The van der Waals surface area contributed by atoms with Gasteiger partial charge in [-0.05, 0) is 38.1 Å². The van der Waals surface area contributed by atoms with Crippen LogP contribution in [0.5, 0.6) is 0 Å². The second kappa shape index (κ2) is 8.07. The first-order valence-electron chi connectivity index (χ1n) is 7.75. The van der Waals surface area contributed by atoms with Crippen LogP contribution < -0.4 is 10.9 Å². The van der Waals surface area contributed by atoms with E-state index in [9.17, 15) is 18.0 Å². The van der Waals surface area contributed by atoms with E-state index < -0.39 is 28.4 Å². The highest BCUT2D eigenvalue weighted by molar-refractivity contribution is 7.89. The zero-order chi connectivity index (χ0) is 19.3. The number of pyridine rings is 1. The number of hydrogen-bond acceptors (Lipinski definition) is 5. The number of sulfonamides is 1. The van der Waals surface area contributed by atoms with Crippen molar-refractivity contribution in [2.24, 2.45) is 0 Å². The number of hydrogen-bond donors (Lipinski definition) is 2. The van der Waals surface area contributed by atoms with Crippen molar-refractivity contribution in [1.29, 1.82) is 0 Å². The van der Waals surface area contributed by atoms with Gasteiger partial charge in [-0.2, -0.15) is 4.31 Å².